The lowest BCUT2D eigenvalue weighted by Crippen LogP contribution is -2.37. The smallest absolute Gasteiger partial charge is 0.254 e. The normalized spacial score (nSPS) is 11.5. The first-order valence-electron chi connectivity index (χ1n) is 6.50. The highest BCUT2D eigenvalue weighted by Crippen LogP contribution is 2.13. The highest BCUT2D eigenvalue weighted by Gasteiger charge is 2.18. The maximum Gasteiger partial charge on any atom is 0.254 e. The zero-order valence-corrected chi connectivity index (χ0v) is 12.2. The summed E-state index contributed by atoms with van der Waals surface area (Å²) in [6, 6.07) is 4.07. The van der Waals surface area contributed by atoms with E-state index in [4.69, 9.17) is 15.7 Å². The minimum absolute atomic E-state index is 0.0289. The van der Waals surface area contributed by atoms with Crippen LogP contribution >= 0.6 is 0 Å². The van der Waals surface area contributed by atoms with E-state index in [0.29, 0.717) is 24.3 Å². The average Bonchev–Trinajstić information content (AvgIpc) is 2.48. The fourth-order valence-corrected chi connectivity index (χ4v) is 1.81. The van der Waals surface area contributed by atoms with Crippen LogP contribution in [0.1, 0.15) is 22.3 Å². The number of aryl methyl sites for hydroxylation is 1. The largest absolute Gasteiger partial charge is 0.409 e. The van der Waals surface area contributed by atoms with Crippen molar-refractivity contribution < 1.29 is 19.1 Å². The van der Waals surface area contributed by atoms with Gasteiger partial charge in [0.2, 0.25) is 0 Å². The van der Waals surface area contributed by atoms with Crippen LogP contribution in [-0.4, -0.2) is 48.7 Å². The number of hydrogen-bond donors (Lipinski definition) is 2. The zero-order chi connectivity index (χ0) is 15.8. The molecule has 0 aliphatic heterocycles. The van der Waals surface area contributed by atoms with Crippen LogP contribution < -0.4 is 5.73 Å². The van der Waals surface area contributed by atoms with Crippen LogP contribution in [0.15, 0.2) is 23.4 Å². The number of carbonyl (C=O) groups excluding carboxylic acids is 1. The molecule has 0 atom stereocenters. The Labute approximate surface area is 123 Å². The van der Waals surface area contributed by atoms with E-state index < -0.39 is 5.82 Å². The first-order chi connectivity index (χ1) is 9.99. The number of nitrogens with zero attached hydrogens (tertiary/aromatic N) is 2. The van der Waals surface area contributed by atoms with Gasteiger partial charge in [0.1, 0.15) is 11.7 Å². The van der Waals surface area contributed by atoms with E-state index in [1.165, 1.54) is 24.1 Å². The van der Waals surface area contributed by atoms with E-state index in [0.717, 1.165) is 0 Å². The molecule has 3 N–H and O–H groups in total. The fraction of sp³-hybridized carbons (Fsp3) is 0.429. The predicted molar refractivity (Wildman–Crippen MR) is 76.9 cm³/mol. The van der Waals surface area contributed by atoms with Gasteiger partial charge in [0.15, 0.2) is 0 Å². The summed E-state index contributed by atoms with van der Waals surface area (Å²) < 4.78 is 18.3. The summed E-state index contributed by atoms with van der Waals surface area (Å²) in [5, 5.41) is 11.4. The van der Waals surface area contributed by atoms with Gasteiger partial charge in [0, 0.05) is 32.2 Å². The van der Waals surface area contributed by atoms with Crippen LogP contribution in [0.25, 0.3) is 0 Å². The molecular formula is C14H20FN3O3. The number of halogens is 1. The lowest BCUT2D eigenvalue weighted by atomic mass is 10.1. The van der Waals surface area contributed by atoms with Crippen molar-refractivity contribution in [2.75, 3.05) is 26.8 Å². The molecule has 0 radical (unpaired) electrons. The lowest BCUT2D eigenvalue weighted by molar-refractivity contribution is 0.0699. The number of oxime groups is 1. The van der Waals surface area contributed by atoms with Gasteiger partial charge in [-0.2, -0.15) is 0 Å². The van der Waals surface area contributed by atoms with E-state index in [1.54, 1.807) is 13.0 Å². The second-order valence-corrected chi connectivity index (χ2v) is 4.59. The number of rotatable bonds is 7. The standard InChI is InChI=1S/C14H20FN3O3/c1-10-3-4-11(15)9-12(10)14(19)18(7-8-21-2)6-5-13(16)17-20/h3-4,9,20H,5-8H2,1-2H3,(H2,16,17). The first-order valence-corrected chi connectivity index (χ1v) is 6.50. The molecule has 0 aliphatic carbocycles. The summed E-state index contributed by atoms with van der Waals surface area (Å²) in [7, 11) is 1.53. The van der Waals surface area contributed by atoms with Crippen LogP contribution in [0, 0.1) is 12.7 Å². The number of nitrogens with two attached hydrogens (primary N) is 1. The minimum atomic E-state index is -0.466. The number of carbonyl (C=O) groups is 1. The summed E-state index contributed by atoms with van der Waals surface area (Å²) in [5.41, 5.74) is 6.40. The Balaban J connectivity index is 2.90. The van der Waals surface area contributed by atoms with Gasteiger partial charge in [-0.15, -0.1) is 0 Å². The van der Waals surface area contributed by atoms with Crippen LogP contribution in [0.2, 0.25) is 0 Å². The number of benzene rings is 1. The van der Waals surface area contributed by atoms with Gasteiger partial charge in [-0.1, -0.05) is 11.2 Å². The Morgan fingerprint density at radius 3 is 2.81 bits per heavy atom. The van der Waals surface area contributed by atoms with E-state index in [2.05, 4.69) is 5.16 Å². The summed E-state index contributed by atoms with van der Waals surface area (Å²) >= 11 is 0. The monoisotopic (exact) mass is 297 g/mol. The predicted octanol–water partition coefficient (Wildman–Crippen LogP) is 1.36. The Hall–Kier alpha value is -2.15. The molecule has 0 heterocycles. The molecule has 0 bridgehead atoms. The molecule has 1 rings (SSSR count). The molecule has 6 nitrogen and oxygen atoms in total. The summed E-state index contributed by atoms with van der Waals surface area (Å²) in [6.45, 7) is 2.68. The molecule has 0 unspecified atom stereocenters. The second kappa shape index (κ2) is 8.21. The number of amidine groups is 1. The Bertz CT molecular complexity index is 520. The van der Waals surface area contributed by atoms with Gasteiger partial charge in [-0.05, 0) is 24.6 Å². The van der Waals surface area contributed by atoms with Crippen molar-refractivity contribution in [1.82, 2.24) is 4.90 Å². The highest BCUT2D eigenvalue weighted by atomic mass is 19.1. The van der Waals surface area contributed by atoms with Crippen molar-refractivity contribution in [3.8, 4) is 0 Å². The molecule has 116 valence electrons. The molecule has 0 spiro atoms. The third-order valence-electron chi connectivity index (χ3n) is 3.05. The zero-order valence-electron chi connectivity index (χ0n) is 12.2. The van der Waals surface area contributed by atoms with E-state index in [-0.39, 0.29) is 24.7 Å². The maximum absolute atomic E-state index is 13.3. The fourth-order valence-electron chi connectivity index (χ4n) is 1.81. The molecule has 0 fully saturated rings. The third kappa shape index (κ3) is 5.03. The number of methoxy groups -OCH3 is 1. The van der Waals surface area contributed by atoms with Gasteiger partial charge < -0.3 is 20.6 Å². The van der Waals surface area contributed by atoms with Crippen molar-refractivity contribution in [2.45, 2.75) is 13.3 Å². The van der Waals surface area contributed by atoms with Gasteiger partial charge in [0.25, 0.3) is 5.91 Å². The van der Waals surface area contributed by atoms with Crippen molar-refractivity contribution >= 4 is 11.7 Å². The molecule has 0 aliphatic rings. The number of ether oxygens (including phenoxy) is 1. The summed E-state index contributed by atoms with van der Waals surface area (Å²) in [5.74, 6) is -0.747. The molecule has 0 aromatic heterocycles. The minimum Gasteiger partial charge on any atom is -0.409 e. The molecule has 1 amide bonds. The lowest BCUT2D eigenvalue weighted by Gasteiger charge is -2.23. The van der Waals surface area contributed by atoms with Gasteiger partial charge in [0.05, 0.1) is 6.61 Å². The van der Waals surface area contributed by atoms with Gasteiger partial charge in [-0.25, -0.2) is 4.39 Å². The quantitative estimate of drug-likeness (QED) is 0.344. The average molecular weight is 297 g/mol. The molecule has 21 heavy (non-hydrogen) atoms. The first kappa shape index (κ1) is 16.9. The Morgan fingerprint density at radius 1 is 1.48 bits per heavy atom. The van der Waals surface area contributed by atoms with Crippen molar-refractivity contribution in [3.63, 3.8) is 0 Å². The molecule has 0 saturated carbocycles. The van der Waals surface area contributed by atoms with E-state index in [1.807, 2.05) is 0 Å². The molecule has 1 aromatic carbocycles. The number of hydrogen-bond acceptors (Lipinski definition) is 4. The summed E-state index contributed by atoms with van der Waals surface area (Å²) in [4.78, 5) is 14.0. The van der Waals surface area contributed by atoms with Crippen LogP contribution in [0.5, 0.6) is 0 Å². The Morgan fingerprint density at radius 2 is 2.19 bits per heavy atom. The topological polar surface area (TPSA) is 88.2 Å². The number of amides is 1. The van der Waals surface area contributed by atoms with Crippen molar-refractivity contribution in [3.05, 3.63) is 35.1 Å². The van der Waals surface area contributed by atoms with Crippen LogP contribution in [0.4, 0.5) is 4.39 Å². The van der Waals surface area contributed by atoms with Gasteiger partial charge >= 0.3 is 0 Å². The SMILES string of the molecule is COCCN(CCC(N)=NO)C(=O)c1cc(F)ccc1C. The van der Waals surface area contributed by atoms with E-state index in [9.17, 15) is 9.18 Å². The van der Waals surface area contributed by atoms with Gasteiger partial charge in [-0.3, -0.25) is 4.79 Å². The highest BCUT2D eigenvalue weighted by molar-refractivity contribution is 5.96. The maximum atomic E-state index is 13.3. The molecule has 7 heteroatoms. The Kier molecular flexibility index (Phi) is 6.61. The molecular weight excluding hydrogens is 277 g/mol. The van der Waals surface area contributed by atoms with Crippen LogP contribution in [0.3, 0.4) is 0 Å². The van der Waals surface area contributed by atoms with Crippen LogP contribution in [-0.2, 0) is 4.74 Å². The summed E-state index contributed by atoms with van der Waals surface area (Å²) in [6.07, 6.45) is 0.223. The third-order valence-corrected chi connectivity index (χ3v) is 3.05. The molecule has 0 saturated heterocycles. The second-order valence-electron chi connectivity index (χ2n) is 4.59. The molecule has 1 aromatic rings. The van der Waals surface area contributed by atoms with Crippen molar-refractivity contribution in [1.29, 1.82) is 0 Å². The van der Waals surface area contributed by atoms with Crippen molar-refractivity contribution in [2.24, 2.45) is 10.9 Å². The van der Waals surface area contributed by atoms with E-state index >= 15 is 0 Å².